The number of aryl methyl sites for hydroxylation is 1. The number of hydrogen-bond acceptors (Lipinski definition) is 3. The Morgan fingerprint density at radius 1 is 0.966 bits per heavy atom. The molecule has 0 fully saturated rings. The van der Waals surface area contributed by atoms with E-state index in [-0.39, 0.29) is 5.54 Å². The Bertz CT molecular complexity index is 1020. The van der Waals surface area contributed by atoms with Gasteiger partial charge in [0.25, 0.3) is 0 Å². The number of nitrogens with one attached hydrogen (secondary N) is 2. The number of carbonyl (C=O) groups excluding carboxylic acids is 2. The highest BCUT2D eigenvalue weighted by atomic mass is 16.2. The largest absolute Gasteiger partial charge is 0.344 e. The van der Waals surface area contributed by atoms with E-state index in [1.54, 1.807) is 10.7 Å². The minimum atomic E-state index is -0.720. The summed E-state index contributed by atoms with van der Waals surface area (Å²) in [6.45, 7) is 8.24. The van der Waals surface area contributed by atoms with Gasteiger partial charge in [0.1, 0.15) is 5.82 Å². The molecule has 0 saturated carbocycles. The Labute approximate surface area is 170 Å². The maximum absolute atomic E-state index is 12.5. The van der Waals surface area contributed by atoms with Crippen LogP contribution in [-0.4, -0.2) is 21.6 Å². The summed E-state index contributed by atoms with van der Waals surface area (Å²) in [4.78, 5) is 24.8. The molecular formula is C23H26N4O2. The fourth-order valence-electron chi connectivity index (χ4n) is 2.99. The quantitative estimate of drug-likeness (QED) is 0.664. The molecular weight excluding hydrogens is 364 g/mol. The number of amides is 2. The summed E-state index contributed by atoms with van der Waals surface area (Å²) in [6.07, 6.45) is 0. The third-order valence-corrected chi connectivity index (χ3v) is 4.40. The average molecular weight is 390 g/mol. The number of carbonyl (C=O) groups is 2. The van der Waals surface area contributed by atoms with Gasteiger partial charge in [-0.2, -0.15) is 5.10 Å². The highest BCUT2D eigenvalue weighted by Crippen LogP contribution is 2.27. The smallest absolute Gasteiger partial charge is 0.314 e. The van der Waals surface area contributed by atoms with Gasteiger partial charge in [-0.25, -0.2) is 4.68 Å². The highest BCUT2D eigenvalue weighted by molar-refractivity contribution is 6.39. The lowest BCUT2D eigenvalue weighted by atomic mass is 10.1. The summed E-state index contributed by atoms with van der Waals surface area (Å²) in [5.74, 6) is -0.927. The number of aromatic nitrogens is 2. The van der Waals surface area contributed by atoms with E-state index in [1.165, 1.54) is 0 Å². The van der Waals surface area contributed by atoms with Gasteiger partial charge in [-0.05, 0) is 33.3 Å². The van der Waals surface area contributed by atoms with E-state index in [4.69, 9.17) is 0 Å². The Balaban J connectivity index is 1.75. The minimum absolute atomic E-state index is 0.293. The third-order valence-electron chi connectivity index (χ3n) is 4.40. The maximum atomic E-state index is 12.5. The first-order chi connectivity index (χ1) is 13.7. The van der Waals surface area contributed by atoms with Crippen LogP contribution < -0.4 is 10.6 Å². The Hall–Kier alpha value is -3.41. The molecule has 0 aliphatic carbocycles. The van der Waals surface area contributed by atoms with Gasteiger partial charge in [0.15, 0.2) is 0 Å². The molecule has 0 unspecified atom stereocenters. The van der Waals surface area contributed by atoms with E-state index in [0.717, 1.165) is 22.4 Å². The van der Waals surface area contributed by atoms with Crippen LogP contribution in [0.4, 0.5) is 5.82 Å². The van der Waals surface area contributed by atoms with Gasteiger partial charge in [-0.3, -0.25) is 9.59 Å². The molecule has 6 heteroatoms. The molecule has 2 aromatic carbocycles. The van der Waals surface area contributed by atoms with Crippen molar-refractivity contribution in [2.24, 2.45) is 0 Å². The zero-order valence-electron chi connectivity index (χ0n) is 17.2. The van der Waals surface area contributed by atoms with Crippen molar-refractivity contribution in [3.05, 3.63) is 71.8 Å². The van der Waals surface area contributed by atoms with Gasteiger partial charge < -0.3 is 10.6 Å². The average Bonchev–Trinajstić information content (AvgIpc) is 3.11. The molecule has 29 heavy (non-hydrogen) atoms. The van der Waals surface area contributed by atoms with Crippen molar-refractivity contribution in [1.29, 1.82) is 0 Å². The van der Waals surface area contributed by atoms with E-state index >= 15 is 0 Å². The van der Waals surface area contributed by atoms with Gasteiger partial charge in [0.2, 0.25) is 0 Å². The molecule has 2 N–H and O–H groups in total. The summed E-state index contributed by atoms with van der Waals surface area (Å²) in [5.41, 5.74) is 3.35. The van der Waals surface area contributed by atoms with Gasteiger partial charge in [-0.1, -0.05) is 60.2 Å². The van der Waals surface area contributed by atoms with Crippen molar-refractivity contribution >= 4 is 17.6 Å². The zero-order valence-corrected chi connectivity index (χ0v) is 17.2. The SMILES string of the molecule is Cc1cccc(CNC(=O)C(=O)Nc2cc(-c3ccccc3)nn2C(C)(C)C)c1. The van der Waals surface area contributed by atoms with Crippen molar-refractivity contribution in [2.45, 2.75) is 39.8 Å². The highest BCUT2D eigenvalue weighted by Gasteiger charge is 2.23. The first-order valence-electron chi connectivity index (χ1n) is 9.55. The van der Waals surface area contributed by atoms with Crippen molar-refractivity contribution in [2.75, 3.05) is 5.32 Å². The summed E-state index contributed by atoms with van der Waals surface area (Å²) >= 11 is 0. The third kappa shape index (κ3) is 5.10. The molecule has 1 aromatic heterocycles. The molecule has 3 rings (SSSR count). The molecule has 0 atom stereocenters. The van der Waals surface area contributed by atoms with E-state index in [2.05, 4.69) is 15.7 Å². The monoisotopic (exact) mass is 390 g/mol. The van der Waals surface area contributed by atoms with Crippen LogP contribution in [0.1, 0.15) is 31.9 Å². The molecule has 2 amide bonds. The summed E-state index contributed by atoms with van der Waals surface area (Å²) in [6, 6.07) is 19.3. The van der Waals surface area contributed by atoms with E-state index in [0.29, 0.717) is 12.4 Å². The Morgan fingerprint density at radius 3 is 2.34 bits per heavy atom. The van der Waals surface area contributed by atoms with E-state index in [1.807, 2.05) is 82.3 Å². The number of benzene rings is 2. The fourth-order valence-corrected chi connectivity index (χ4v) is 2.99. The van der Waals surface area contributed by atoms with E-state index in [9.17, 15) is 9.59 Å². The van der Waals surface area contributed by atoms with Gasteiger partial charge in [0.05, 0.1) is 11.2 Å². The van der Waals surface area contributed by atoms with Crippen LogP contribution in [-0.2, 0) is 21.7 Å². The number of nitrogens with zero attached hydrogens (tertiary/aromatic N) is 2. The van der Waals surface area contributed by atoms with Crippen molar-refractivity contribution in [3.8, 4) is 11.3 Å². The first kappa shape index (κ1) is 20.3. The van der Waals surface area contributed by atoms with Gasteiger partial charge in [-0.15, -0.1) is 0 Å². The van der Waals surface area contributed by atoms with Crippen LogP contribution in [0, 0.1) is 6.92 Å². The second-order valence-corrected chi connectivity index (χ2v) is 7.99. The lowest BCUT2D eigenvalue weighted by Gasteiger charge is -2.22. The van der Waals surface area contributed by atoms with Crippen LogP contribution in [0.25, 0.3) is 11.3 Å². The second-order valence-electron chi connectivity index (χ2n) is 7.99. The molecule has 0 bridgehead atoms. The molecule has 0 aliphatic rings. The number of anilines is 1. The van der Waals surface area contributed by atoms with Crippen LogP contribution in [0.2, 0.25) is 0 Å². The minimum Gasteiger partial charge on any atom is -0.344 e. The normalized spacial score (nSPS) is 11.2. The van der Waals surface area contributed by atoms with Gasteiger partial charge in [0, 0.05) is 18.2 Å². The number of rotatable bonds is 4. The molecule has 0 spiro atoms. The molecule has 6 nitrogen and oxygen atoms in total. The van der Waals surface area contributed by atoms with Crippen LogP contribution in [0.5, 0.6) is 0 Å². The zero-order chi connectivity index (χ0) is 21.0. The van der Waals surface area contributed by atoms with Crippen molar-refractivity contribution in [3.63, 3.8) is 0 Å². The van der Waals surface area contributed by atoms with Crippen LogP contribution in [0.15, 0.2) is 60.7 Å². The molecule has 150 valence electrons. The molecule has 0 aliphatic heterocycles. The van der Waals surface area contributed by atoms with Crippen LogP contribution >= 0.6 is 0 Å². The van der Waals surface area contributed by atoms with Crippen molar-refractivity contribution < 1.29 is 9.59 Å². The number of hydrogen-bond donors (Lipinski definition) is 2. The molecule has 0 radical (unpaired) electrons. The van der Waals surface area contributed by atoms with E-state index < -0.39 is 11.8 Å². The standard InChI is InChI=1S/C23H26N4O2/c1-16-9-8-10-17(13-16)15-24-21(28)22(29)25-20-14-19(18-11-6-5-7-12-18)26-27(20)23(2,3)4/h5-14H,15H2,1-4H3,(H,24,28)(H,25,29). The predicted octanol–water partition coefficient (Wildman–Crippen LogP) is 3.87. The molecule has 3 aromatic rings. The fraction of sp³-hybridized carbons (Fsp3) is 0.261. The lowest BCUT2D eigenvalue weighted by Crippen LogP contribution is -2.36. The van der Waals surface area contributed by atoms with Crippen LogP contribution in [0.3, 0.4) is 0 Å². The van der Waals surface area contributed by atoms with Crippen molar-refractivity contribution in [1.82, 2.24) is 15.1 Å². The summed E-state index contributed by atoms with van der Waals surface area (Å²) in [7, 11) is 0. The van der Waals surface area contributed by atoms with Gasteiger partial charge >= 0.3 is 11.8 Å². The summed E-state index contributed by atoms with van der Waals surface area (Å²) in [5, 5.41) is 10.0. The topological polar surface area (TPSA) is 76.0 Å². The Morgan fingerprint density at radius 2 is 1.69 bits per heavy atom. The maximum Gasteiger partial charge on any atom is 0.314 e. The second kappa shape index (κ2) is 8.31. The summed E-state index contributed by atoms with van der Waals surface area (Å²) < 4.78 is 1.72. The Kier molecular flexibility index (Phi) is 5.82. The molecule has 0 saturated heterocycles. The first-order valence-corrected chi connectivity index (χ1v) is 9.55. The predicted molar refractivity (Wildman–Crippen MR) is 114 cm³/mol. The lowest BCUT2D eigenvalue weighted by molar-refractivity contribution is -0.136. The molecule has 1 heterocycles.